The molecule has 6 N–H and O–H groups in total. The maximum atomic E-state index is 12.3. The van der Waals surface area contributed by atoms with Gasteiger partial charge in [0.1, 0.15) is 0 Å². The van der Waals surface area contributed by atoms with Crippen LogP contribution in [0.15, 0.2) is 60.8 Å². The molecule has 0 aliphatic heterocycles. The van der Waals surface area contributed by atoms with Crippen molar-refractivity contribution in [3.8, 4) is 0 Å². The van der Waals surface area contributed by atoms with Crippen molar-refractivity contribution in [1.29, 1.82) is 0 Å². The second kappa shape index (κ2) is 30.0. The zero-order valence-electron chi connectivity index (χ0n) is 27.0. The highest BCUT2D eigenvalue weighted by atomic mass is 16.3. The molecule has 0 bridgehead atoms. The zero-order chi connectivity index (χ0) is 32.0. The van der Waals surface area contributed by atoms with E-state index in [4.69, 9.17) is 0 Å². The Balaban J connectivity index is 4.14. The van der Waals surface area contributed by atoms with Crippen molar-refractivity contribution in [2.75, 3.05) is 6.61 Å². The molecule has 0 aromatic rings. The van der Waals surface area contributed by atoms with Gasteiger partial charge in [-0.25, -0.2) is 0 Å². The Bertz CT molecular complexity index is 791. The van der Waals surface area contributed by atoms with E-state index in [1.165, 1.54) is 57.4 Å². The normalized spacial score (nSPS) is 16.2. The number of carbonyl (C=O) groups is 1. The SMILES string of the molecule is CCCCCCCCCCC/C=C/[C@@H](O)[C@H](CO)NC(=O)CCC[C@H](O)[C@@H](O)/C=C/C=C/C=C\C=C\[C@@H](O)CCCCC. The van der Waals surface area contributed by atoms with Gasteiger partial charge < -0.3 is 30.8 Å². The molecule has 0 spiro atoms. The molecule has 43 heavy (non-hydrogen) atoms. The molecule has 248 valence electrons. The number of hydrogen-bond acceptors (Lipinski definition) is 6. The zero-order valence-corrected chi connectivity index (χ0v) is 27.0. The summed E-state index contributed by atoms with van der Waals surface area (Å²) in [7, 11) is 0. The Labute approximate surface area is 262 Å². The first-order chi connectivity index (χ1) is 20.8. The molecule has 0 saturated carbocycles. The summed E-state index contributed by atoms with van der Waals surface area (Å²) in [5.74, 6) is -0.320. The first-order valence-corrected chi connectivity index (χ1v) is 16.8. The molecule has 0 heterocycles. The molecule has 0 aromatic heterocycles. The Morgan fingerprint density at radius 2 is 1.19 bits per heavy atom. The minimum absolute atomic E-state index is 0.115. The number of nitrogens with one attached hydrogen (secondary N) is 1. The molecule has 0 aliphatic rings. The fraction of sp³-hybridized carbons (Fsp3) is 0.694. The number of amides is 1. The van der Waals surface area contributed by atoms with E-state index in [-0.39, 0.29) is 25.4 Å². The molecule has 7 nitrogen and oxygen atoms in total. The number of aliphatic hydroxyl groups excluding tert-OH is 5. The predicted octanol–water partition coefficient (Wildman–Crippen LogP) is 6.36. The number of aliphatic hydroxyl groups is 5. The maximum Gasteiger partial charge on any atom is 0.220 e. The van der Waals surface area contributed by atoms with E-state index in [1.807, 2.05) is 18.2 Å². The molecular weight excluding hydrogens is 542 g/mol. The van der Waals surface area contributed by atoms with E-state index in [2.05, 4.69) is 19.2 Å². The Morgan fingerprint density at radius 3 is 1.81 bits per heavy atom. The molecule has 0 aliphatic carbocycles. The van der Waals surface area contributed by atoms with Crippen molar-refractivity contribution in [3.05, 3.63) is 60.8 Å². The number of rotatable bonds is 28. The molecule has 0 unspecified atom stereocenters. The lowest BCUT2D eigenvalue weighted by Gasteiger charge is -2.20. The Morgan fingerprint density at radius 1 is 0.628 bits per heavy atom. The van der Waals surface area contributed by atoms with E-state index in [0.717, 1.165) is 38.5 Å². The van der Waals surface area contributed by atoms with E-state index in [0.29, 0.717) is 6.42 Å². The van der Waals surface area contributed by atoms with Crippen LogP contribution in [0.4, 0.5) is 0 Å². The first-order valence-electron chi connectivity index (χ1n) is 16.8. The summed E-state index contributed by atoms with van der Waals surface area (Å²) < 4.78 is 0. The standard InChI is InChI=1S/C36H63NO6/c1-3-5-7-8-9-10-11-12-13-17-21-26-33(40)32(30-38)37-36(43)29-23-28-35(42)34(41)27-22-18-15-14-16-20-25-31(39)24-19-6-4-2/h14-16,18,20-22,25-27,31-35,38-42H,3-13,17,19,23-24,28-30H2,1-2H3,(H,37,43)/b16-14-,18-15+,25-20+,26-21+,27-22+/t31-,32-,33+,34-,35-/m0/s1. The highest BCUT2D eigenvalue weighted by molar-refractivity contribution is 5.76. The van der Waals surface area contributed by atoms with Crippen LogP contribution < -0.4 is 5.32 Å². The van der Waals surface area contributed by atoms with Gasteiger partial charge in [-0.05, 0) is 32.1 Å². The fourth-order valence-electron chi connectivity index (χ4n) is 4.56. The van der Waals surface area contributed by atoms with Gasteiger partial charge in [0.05, 0.1) is 37.1 Å². The summed E-state index contributed by atoms with van der Waals surface area (Å²) in [6.07, 6.45) is 30.9. The summed E-state index contributed by atoms with van der Waals surface area (Å²) in [5.41, 5.74) is 0. The van der Waals surface area contributed by atoms with Crippen LogP contribution in [0.5, 0.6) is 0 Å². The molecule has 0 fully saturated rings. The quantitative estimate of drug-likeness (QED) is 0.0350. The van der Waals surface area contributed by atoms with Gasteiger partial charge in [0.15, 0.2) is 0 Å². The van der Waals surface area contributed by atoms with Crippen molar-refractivity contribution in [3.63, 3.8) is 0 Å². The molecule has 5 atom stereocenters. The number of hydrogen-bond donors (Lipinski definition) is 6. The maximum absolute atomic E-state index is 12.3. The molecule has 1 amide bonds. The molecule has 0 saturated heterocycles. The average Bonchev–Trinajstić information content (AvgIpc) is 2.99. The third kappa shape index (κ3) is 26.1. The van der Waals surface area contributed by atoms with Gasteiger partial charge in [-0.15, -0.1) is 0 Å². The summed E-state index contributed by atoms with van der Waals surface area (Å²) in [6, 6.07) is -0.780. The van der Waals surface area contributed by atoms with Crippen molar-refractivity contribution >= 4 is 5.91 Å². The van der Waals surface area contributed by atoms with Crippen LogP contribution in [0.1, 0.15) is 123 Å². The van der Waals surface area contributed by atoms with Gasteiger partial charge >= 0.3 is 0 Å². The van der Waals surface area contributed by atoms with E-state index in [9.17, 15) is 30.3 Å². The van der Waals surface area contributed by atoms with E-state index in [1.54, 1.807) is 36.5 Å². The van der Waals surface area contributed by atoms with Crippen LogP contribution >= 0.6 is 0 Å². The average molecular weight is 606 g/mol. The summed E-state index contributed by atoms with van der Waals surface area (Å²) in [4.78, 5) is 12.3. The molecular formula is C36H63NO6. The molecule has 0 rings (SSSR count). The van der Waals surface area contributed by atoms with Crippen LogP contribution in [0.2, 0.25) is 0 Å². The lowest BCUT2D eigenvalue weighted by Crippen LogP contribution is -2.45. The number of unbranched alkanes of at least 4 members (excludes halogenated alkanes) is 11. The van der Waals surface area contributed by atoms with Gasteiger partial charge in [0.2, 0.25) is 5.91 Å². The smallest absolute Gasteiger partial charge is 0.220 e. The minimum Gasteiger partial charge on any atom is -0.394 e. The van der Waals surface area contributed by atoms with Crippen molar-refractivity contribution in [2.45, 2.75) is 153 Å². The largest absolute Gasteiger partial charge is 0.394 e. The highest BCUT2D eigenvalue weighted by Crippen LogP contribution is 2.11. The summed E-state index contributed by atoms with van der Waals surface area (Å²) >= 11 is 0. The lowest BCUT2D eigenvalue weighted by atomic mass is 10.1. The minimum atomic E-state index is -1.06. The van der Waals surface area contributed by atoms with Crippen molar-refractivity contribution < 1.29 is 30.3 Å². The van der Waals surface area contributed by atoms with Gasteiger partial charge in [-0.1, -0.05) is 145 Å². The van der Waals surface area contributed by atoms with Gasteiger partial charge in [0, 0.05) is 6.42 Å². The van der Waals surface area contributed by atoms with Crippen molar-refractivity contribution in [2.24, 2.45) is 0 Å². The second-order valence-electron chi connectivity index (χ2n) is 11.4. The topological polar surface area (TPSA) is 130 Å². The lowest BCUT2D eigenvalue weighted by molar-refractivity contribution is -0.123. The van der Waals surface area contributed by atoms with Gasteiger partial charge in [-0.2, -0.15) is 0 Å². The third-order valence-electron chi connectivity index (χ3n) is 7.36. The first kappa shape index (κ1) is 41.0. The predicted molar refractivity (Wildman–Crippen MR) is 179 cm³/mol. The molecule has 7 heteroatoms. The van der Waals surface area contributed by atoms with Crippen LogP contribution in [0.3, 0.4) is 0 Å². The van der Waals surface area contributed by atoms with Gasteiger partial charge in [-0.3, -0.25) is 4.79 Å². The third-order valence-corrected chi connectivity index (χ3v) is 7.36. The second-order valence-corrected chi connectivity index (χ2v) is 11.4. The number of allylic oxidation sites excluding steroid dienone is 7. The van der Waals surface area contributed by atoms with Crippen LogP contribution in [-0.4, -0.2) is 68.5 Å². The fourth-order valence-corrected chi connectivity index (χ4v) is 4.56. The van der Waals surface area contributed by atoms with Crippen LogP contribution in [0, 0.1) is 0 Å². The summed E-state index contributed by atoms with van der Waals surface area (Å²) in [5, 5.41) is 52.8. The highest BCUT2D eigenvalue weighted by Gasteiger charge is 2.19. The Hall–Kier alpha value is -2.03. The van der Waals surface area contributed by atoms with Gasteiger partial charge in [0.25, 0.3) is 0 Å². The van der Waals surface area contributed by atoms with Crippen molar-refractivity contribution in [1.82, 2.24) is 5.32 Å². The monoisotopic (exact) mass is 605 g/mol. The molecule has 0 radical (unpaired) electrons. The Kier molecular flexibility index (Phi) is 28.6. The van der Waals surface area contributed by atoms with Crippen LogP contribution in [-0.2, 0) is 4.79 Å². The van der Waals surface area contributed by atoms with E-state index < -0.39 is 30.5 Å². The summed E-state index contributed by atoms with van der Waals surface area (Å²) in [6.45, 7) is 3.99. The molecule has 0 aromatic carbocycles. The number of carbonyl (C=O) groups excluding carboxylic acids is 1. The van der Waals surface area contributed by atoms with Crippen LogP contribution in [0.25, 0.3) is 0 Å². The van der Waals surface area contributed by atoms with E-state index >= 15 is 0 Å².